The SMILES string of the molecule is CC(C)CN(C)[C@H]1CCN(C(=O)c2ccc(Br)cc2)C1. The van der Waals surface area contributed by atoms with Crippen molar-refractivity contribution in [1.82, 2.24) is 9.80 Å². The lowest BCUT2D eigenvalue weighted by atomic mass is 10.1. The molecule has 0 saturated carbocycles. The van der Waals surface area contributed by atoms with Gasteiger partial charge in [-0.1, -0.05) is 29.8 Å². The number of rotatable bonds is 4. The highest BCUT2D eigenvalue weighted by molar-refractivity contribution is 9.10. The van der Waals surface area contributed by atoms with Crippen molar-refractivity contribution in [2.75, 3.05) is 26.7 Å². The molecule has 110 valence electrons. The Morgan fingerprint density at radius 3 is 2.65 bits per heavy atom. The molecular formula is C16H23BrN2O. The molecule has 0 aromatic heterocycles. The van der Waals surface area contributed by atoms with E-state index in [4.69, 9.17) is 0 Å². The molecule has 3 nitrogen and oxygen atoms in total. The molecule has 1 aromatic rings. The van der Waals surface area contributed by atoms with Gasteiger partial charge in [0.2, 0.25) is 0 Å². The molecular weight excluding hydrogens is 316 g/mol. The molecule has 1 saturated heterocycles. The number of nitrogens with zero attached hydrogens (tertiary/aromatic N) is 2. The molecule has 20 heavy (non-hydrogen) atoms. The van der Waals surface area contributed by atoms with Gasteiger partial charge in [-0.3, -0.25) is 4.79 Å². The Kier molecular flexibility index (Phi) is 5.22. The van der Waals surface area contributed by atoms with E-state index in [-0.39, 0.29) is 5.91 Å². The Hall–Kier alpha value is -0.870. The van der Waals surface area contributed by atoms with Gasteiger partial charge < -0.3 is 9.80 Å². The summed E-state index contributed by atoms with van der Waals surface area (Å²) in [5.74, 6) is 0.814. The summed E-state index contributed by atoms with van der Waals surface area (Å²) in [5, 5.41) is 0. The zero-order valence-corrected chi connectivity index (χ0v) is 14.1. The lowest BCUT2D eigenvalue weighted by molar-refractivity contribution is 0.0779. The van der Waals surface area contributed by atoms with Crippen LogP contribution in [-0.2, 0) is 0 Å². The van der Waals surface area contributed by atoms with Gasteiger partial charge in [0.15, 0.2) is 0 Å². The number of hydrogen-bond donors (Lipinski definition) is 0. The summed E-state index contributed by atoms with van der Waals surface area (Å²) < 4.78 is 1.00. The van der Waals surface area contributed by atoms with Crippen molar-refractivity contribution in [3.63, 3.8) is 0 Å². The van der Waals surface area contributed by atoms with Crippen LogP contribution < -0.4 is 0 Å². The molecule has 1 amide bonds. The van der Waals surface area contributed by atoms with Crippen LogP contribution >= 0.6 is 15.9 Å². The van der Waals surface area contributed by atoms with Gasteiger partial charge in [-0.15, -0.1) is 0 Å². The highest BCUT2D eigenvalue weighted by atomic mass is 79.9. The average Bonchev–Trinajstić information content (AvgIpc) is 2.87. The smallest absolute Gasteiger partial charge is 0.253 e. The largest absolute Gasteiger partial charge is 0.337 e. The van der Waals surface area contributed by atoms with E-state index >= 15 is 0 Å². The molecule has 1 heterocycles. The molecule has 0 bridgehead atoms. The van der Waals surface area contributed by atoms with Gasteiger partial charge in [-0.25, -0.2) is 0 Å². The predicted octanol–water partition coefficient (Wildman–Crippen LogP) is 3.25. The minimum absolute atomic E-state index is 0.151. The van der Waals surface area contributed by atoms with E-state index in [0.29, 0.717) is 12.0 Å². The van der Waals surface area contributed by atoms with Crippen LogP contribution in [0.1, 0.15) is 30.6 Å². The van der Waals surface area contributed by atoms with Crippen LogP contribution in [0.15, 0.2) is 28.7 Å². The van der Waals surface area contributed by atoms with Crippen molar-refractivity contribution in [1.29, 1.82) is 0 Å². The fraction of sp³-hybridized carbons (Fsp3) is 0.562. The number of likely N-dealkylation sites (N-methyl/N-ethyl adjacent to an activating group) is 1. The number of hydrogen-bond acceptors (Lipinski definition) is 2. The second kappa shape index (κ2) is 6.72. The number of carbonyl (C=O) groups is 1. The van der Waals surface area contributed by atoms with E-state index in [0.717, 1.165) is 36.1 Å². The maximum Gasteiger partial charge on any atom is 0.253 e. The Bertz CT molecular complexity index is 458. The lowest BCUT2D eigenvalue weighted by Gasteiger charge is -2.26. The number of likely N-dealkylation sites (tertiary alicyclic amines) is 1. The molecule has 0 unspecified atom stereocenters. The molecule has 0 N–H and O–H groups in total. The lowest BCUT2D eigenvalue weighted by Crippen LogP contribution is -2.38. The van der Waals surface area contributed by atoms with Crippen molar-refractivity contribution in [3.05, 3.63) is 34.3 Å². The normalized spacial score (nSPS) is 19.1. The van der Waals surface area contributed by atoms with Crippen LogP contribution in [0, 0.1) is 5.92 Å². The third-order valence-electron chi connectivity index (χ3n) is 3.82. The fourth-order valence-electron chi connectivity index (χ4n) is 2.79. The standard InChI is InChI=1S/C16H23BrN2O/c1-12(2)10-18(3)15-8-9-19(11-15)16(20)13-4-6-14(17)7-5-13/h4-7,12,15H,8-11H2,1-3H3/t15-/m0/s1. The van der Waals surface area contributed by atoms with E-state index in [1.807, 2.05) is 29.2 Å². The maximum atomic E-state index is 12.4. The van der Waals surface area contributed by atoms with Crippen molar-refractivity contribution in [2.24, 2.45) is 5.92 Å². The number of halogens is 1. The van der Waals surface area contributed by atoms with Gasteiger partial charge in [0.1, 0.15) is 0 Å². The first kappa shape index (κ1) is 15.5. The fourth-order valence-corrected chi connectivity index (χ4v) is 3.05. The van der Waals surface area contributed by atoms with Gasteiger partial charge in [-0.2, -0.15) is 0 Å². The maximum absolute atomic E-state index is 12.4. The van der Waals surface area contributed by atoms with Gasteiger partial charge >= 0.3 is 0 Å². The molecule has 1 aromatic carbocycles. The van der Waals surface area contributed by atoms with E-state index in [9.17, 15) is 4.79 Å². The summed E-state index contributed by atoms with van der Waals surface area (Å²) >= 11 is 3.40. The second-order valence-electron chi connectivity index (χ2n) is 6.03. The van der Waals surface area contributed by atoms with Crippen molar-refractivity contribution >= 4 is 21.8 Å². The molecule has 1 fully saturated rings. The highest BCUT2D eigenvalue weighted by Gasteiger charge is 2.29. The first-order valence-corrected chi connectivity index (χ1v) is 8.01. The van der Waals surface area contributed by atoms with Crippen LogP contribution in [0.2, 0.25) is 0 Å². The summed E-state index contributed by atoms with van der Waals surface area (Å²) in [4.78, 5) is 16.8. The highest BCUT2D eigenvalue weighted by Crippen LogP contribution is 2.19. The van der Waals surface area contributed by atoms with Crippen molar-refractivity contribution < 1.29 is 4.79 Å². The molecule has 0 aliphatic carbocycles. The number of benzene rings is 1. The minimum atomic E-state index is 0.151. The zero-order chi connectivity index (χ0) is 14.7. The van der Waals surface area contributed by atoms with Crippen LogP contribution in [-0.4, -0.2) is 48.4 Å². The predicted molar refractivity (Wildman–Crippen MR) is 85.9 cm³/mol. The van der Waals surface area contributed by atoms with Crippen LogP contribution in [0.4, 0.5) is 0 Å². The average molecular weight is 339 g/mol. The zero-order valence-electron chi connectivity index (χ0n) is 12.5. The Balaban J connectivity index is 1.95. The van der Waals surface area contributed by atoms with Crippen LogP contribution in [0.5, 0.6) is 0 Å². The number of carbonyl (C=O) groups excluding carboxylic acids is 1. The minimum Gasteiger partial charge on any atom is -0.337 e. The third kappa shape index (κ3) is 3.83. The van der Waals surface area contributed by atoms with E-state index in [2.05, 4.69) is 41.7 Å². The number of amides is 1. The van der Waals surface area contributed by atoms with Crippen molar-refractivity contribution in [2.45, 2.75) is 26.3 Å². The summed E-state index contributed by atoms with van der Waals surface area (Å²) in [7, 11) is 2.16. The molecule has 0 radical (unpaired) electrons. The monoisotopic (exact) mass is 338 g/mol. The Morgan fingerprint density at radius 1 is 1.40 bits per heavy atom. The summed E-state index contributed by atoms with van der Waals surface area (Å²) in [5.41, 5.74) is 0.778. The summed E-state index contributed by atoms with van der Waals surface area (Å²) in [6.45, 7) is 7.26. The van der Waals surface area contributed by atoms with Gasteiger partial charge in [-0.05, 0) is 43.7 Å². The molecule has 1 atom stereocenters. The third-order valence-corrected chi connectivity index (χ3v) is 4.35. The molecule has 0 spiro atoms. The molecule has 1 aliphatic rings. The Morgan fingerprint density at radius 2 is 2.05 bits per heavy atom. The van der Waals surface area contributed by atoms with Crippen molar-refractivity contribution in [3.8, 4) is 0 Å². The second-order valence-corrected chi connectivity index (χ2v) is 6.95. The quantitative estimate of drug-likeness (QED) is 0.841. The van der Waals surface area contributed by atoms with Gasteiger partial charge in [0.05, 0.1) is 0 Å². The van der Waals surface area contributed by atoms with E-state index in [1.54, 1.807) is 0 Å². The molecule has 4 heteroatoms. The Labute approximate surface area is 130 Å². The topological polar surface area (TPSA) is 23.6 Å². The first-order chi connectivity index (χ1) is 9.47. The van der Waals surface area contributed by atoms with Crippen LogP contribution in [0.25, 0.3) is 0 Å². The summed E-state index contributed by atoms with van der Waals surface area (Å²) in [6, 6.07) is 8.11. The van der Waals surface area contributed by atoms with E-state index < -0.39 is 0 Å². The van der Waals surface area contributed by atoms with Gasteiger partial charge in [0.25, 0.3) is 5.91 Å². The summed E-state index contributed by atoms with van der Waals surface area (Å²) in [6.07, 6.45) is 1.07. The molecule has 2 rings (SSSR count). The van der Waals surface area contributed by atoms with E-state index in [1.165, 1.54) is 0 Å². The first-order valence-electron chi connectivity index (χ1n) is 7.22. The molecule has 1 aliphatic heterocycles. The van der Waals surface area contributed by atoms with Gasteiger partial charge in [0, 0.05) is 35.7 Å². The van der Waals surface area contributed by atoms with Crippen LogP contribution in [0.3, 0.4) is 0 Å².